The smallest absolute Gasteiger partial charge is 0.318 e. The second kappa shape index (κ2) is 6.91. The summed E-state index contributed by atoms with van der Waals surface area (Å²) in [4.78, 5) is 28.5. The highest BCUT2D eigenvalue weighted by Crippen LogP contribution is 2.29. The van der Waals surface area contributed by atoms with Crippen LogP contribution in [0.5, 0.6) is 0 Å². The molecule has 5 nitrogen and oxygen atoms in total. The second-order valence-electron chi connectivity index (χ2n) is 6.09. The zero-order valence-electron chi connectivity index (χ0n) is 14.2. The number of nitrogens with one attached hydrogen (secondary N) is 1. The molecule has 126 valence electrons. The van der Waals surface area contributed by atoms with Crippen molar-refractivity contribution in [3.63, 3.8) is 0 Å². The Balaban J connectivity index is 1.84. The number of anilines is 1. The van der Waals surface area contributed by atoms with E-state index in [0.29, 0.717) is 19.6 Å². The molecular formula is C19H23N3O2. The molecule has 1 aliphatic heterocycles. The highest BCUT2D eigenvalue weighted by atomic mass is 16.2. The number of fused-ring (bicyclic) bond motifs is 1. The topological polar surface area (TPSA) is 52.7 Å². The molecule has 3 rings (SSSR count). The minimum absolute atomic E-state index is 0.0377. The maximum atomic E-state index is 12.9. The van der Waals surface area contributed by atoms with Gasteiger partial charge in [-0.25, -0.2) is 4.79 Å². The first-order valence-electron chi connectivity index (χ1n) is 8.47. The summed E-state index contributed by atoms with van der Waals surface area (Å²) >= 11 is 0. The average molecular weight is 325 g/mol. The molecule has 1 N–H and O–H groups in total. The summed E-state index contributed by atoms with van der Waals surface area (Å²) in [7, 11) is 0. The Morgan fingerprint density at radius 2 is 1.92 bits per heavy atom. The molecule has 0 spiro atoms. The molecular weight excluding hydrogens is 302 g/mol. The van der Waals surface area contributed by atoms with Crippen LogP contribution in [0, 0.1) is 0 Å². The van der Waals surface area contributed by atoms with E-state index in [1.807, 2.05) is 49.4 Å². The molecule has 1 unspecified atom stereocenters. The molecule has 0 radical (unpaired) electrons. The van der Waals surface area contributed by atoms with Crippen LogP contribution in [0.4, 0.5) is 10.5 Å². The van der Waals surface area contributed by atoms with Crippen LogP contribution in [0.15, 0.2) is 42.5 Å². The van der Waals surface area contributed by atoms with E-state index in [1.165, 1.54) is 0 Å². The zero-order valence-corrected chi connectivity index (χ0v) is 14.2. The van der Waals surface area contributed by atoms with Crippen LogP contribution in [0.1, 0.15) is 20.3 Å². The number of amides is 3. The molecule has 24 heavy (non-hydrogen) atoms. The Morgan fingerprint density at radius 3 is 2.71 bits per heavy atom. The van der Waals surface area contributed by atoms with Crippen molar-refractivity contribution in [1.82, 2.24) is 10.2 Å². The minimum atomic E-state index is -0.463. The molecule has 0 saturated carbocycles. The molecule has 1 aliphatic rings. The van der Waals surface area contributed by atoms with Crippen molar-refractivity contribution >= 4 is 28.4 Å². The summed E-state index contributed by atoms with van der Waals surface area (Å²) < 4.78 is 0. The van der Waals surface area contributed by atoms with Crippen LogP contribution in [-0.2, 0) is 4.79 Å². The van der Waals surface area contributed by atoms with Crippen molar-refractivity contribution in [2.75, 3.05) is 24.5 Å². The standard InChI is InChI=1S/C19H23N3O2/c1-3-11-20-19(24)21-12-13-22(18(23)14(21)2)17-10-6-8-15-7-4-5-9-16(15)17/h4-10,14H,3,11-13H2,1-2H3,(H,20,24). The summed E-state index contributed by atoms with van der Waals surface area (Å²) in [5.41, 5.74) is 0.915. The average Bonchev–Trinajstić information content (AvgIpc) is 2.61. The number of nitrogens with zero attached hydrogens (tertiary/aromatic N) is 2. The van der Waals surface area contributed by atoms with E-state index in [4.69, 9.17) is 0 Å². The van der Waals surface area contributed by atoms with E-state index < -0.39 is 6.04 Å². The molecule has 0 aliphatic carbocycles. The molecule has 3 amide bonds. The van der Waals surface area contributed by atoms with Gasteiger partial charge < -0.3 is 15.1 Å². The van der Waals surface area contributed by atoms with Gasteiger partial charge >= 0.3 is 6.03 Å². The third-order valence-corrected chi connectivity index (χ3v) is 4.50. The van der Waals surface area contributed by atoms with Crippen LogP contribution in [0.25, 0.3) is 10.8 Å². The summed E-state index contributed by atoms with van der Waals surface area (Å²) in [6, 6.07) is 13.4. The highest BCUT2D eigenvalue weighted by Gasteiger charge is 2.35. The number of hydrogen-bond acceptors (Lipinski definition) is 2. The van der Waals surface area contributed by atoms with Gasteiger partial charge in [0, 0.05) is 25.0 Å². The van der Waals surface area contributed by atoms with Crippen molar-refractivity contribution in [3.05, 3.63) is 42.5 Å². The quantitative estimate of drug-likeness (QED) is 0.943. The molecule has 5 heteroatoms. The molecule has 1 heterocycles. The lowest BCUT2D eigenvalue weighted by Crippen LogP contribution is -2.59. The van der Waals surface area contributed by atoms with Crippen molar-refractivity contribution in [2.45, 2.75) is 26.3 Å². The maximum absolute atomic E-state index is 12.9. The Morgan fingerprint density at radius 1 is 1.17 bits per heavy atom. The Hall–Kier alpha value is -2.56. The molecule has 0 bridgehead atoms. The Kier molecular flexibility index (Phi) is 4.69. The number of rotatable bonds is 3. The predicted molar refractivity (Wildman–Crippen MR) is 96.2 cm³/mol. The van der Waals surface area contributed by atoms with E-state index in [-0.39, 0.29) is 11.9 Å². The minimum Gasteiger partial charge on any atom is -0.338 e. The summed E-state index contributed by atoms with van der Waals surface area (Å²) in [5.74, 6) is -0.0377. The van der Waals surface area contributed by atoms with Gasteiger partial charge in [0.25, 0.3) is 0 Å². The van der Waals surface area contributed by atoms with Gasteiger partial charge in [-0.15, -0.1) is 0 Å². The van der Waals surface area contributed by atoms with Crippen LogP contribution in [-0.4, -0.2) is 42.5 Å². The number of urea groups is 1. The fraction of sp³-hybridized carbons (Fsp3) is 0.368. The summed E-state index contributed by atoms with van der Waals surface area (Å²) in [6.07, 6.45) is 0.879. The van der Waals surface area contributed by atoms with Crippen molar-refractivity contribution < 1.29 is 9.59 Å². The third kappa shape index (κ3) is 2.94. The zero-order chi connectivity index (χ0) is 17.1. The van der Waals surface area contributed by atoms with Crippen LogP contribution >= 0.6 is 0 Å². The van der Waals surface area contributed by atoms with Gasteiger partial charge in [0.05, 0.1) is 5.69 Å². The predicted octanol–water partition coefficient (Wildman–Crippen LogP) is 3.00. The maximum Gasteiger partial charge on any atom is 0.318 e. The largest absolute Gasteiger partial charge is 0.338 e. The van der Waals surface area contributed by atoms with Gasteiger partial charge in [-0.3, -0.25) is 4.79 Å². The van der Waals surface area contributed by atoms with Gasteiger partial charge in [0.15, 0.2) is 0 Å². The number of carbonyl (C=O) groups excluding carboxylic acids is 2. The molecule has 2 aromatic carbocycles. The van der Waals surface area contributed by atoms with Crippen LogP contribution in [0.2, 0.25) is 0 Å². The van der Waals surface area contributed by atoms with Crippen molar-refractivity contribution in [3.8, 4) is 0 Å². The van der Waals surface area contributed by atoms with Gasteiger partial charge in [-0.2, -0.15) is 0 Å². The molecule has 1 atom stereocenters. The second-order valence-corrected chi connectivity index (χ2v) is 6.09. The molecule has 1 saturated heterocycles. The highest BCUT2D eigenvalue weighted by molar-refractivity contribution is 6.06. The summed E-state index contributed by atoms with van der Waals surface area (Å²) in [5, 5.41) is 5.02. The fourth-order valence-electron chi connectivity index (χ4n) is 3.16. The van der Waals surface area contributed by atoms with Gasteiger partial charge in [0.2, 0.25) is 5.91 Å². The SMILES string of the molecule is CCCNC(=O)N1CCN(c2cccc3ccccc23)C(=O)C1C. The lowest BCUT2D eigenvalue weighted by atomic mass is 10.1. The first-order chi connectivity index (χ1) is 11.6. The molecule has 1 fully saturated rings. The lowest BCUT2D eigenvalue weighted by molar-refractivity contribution is -0.124. The monoisotopic (exact) mass is 325 g/mol. The van der Waals surface area contributed by atoms with Gasteiger partial charge in [-0.05, 0) is 24.8 Å². The van der Waals surface area contributed by atoms with Crippen LogP contribution < -0.4 is 10.2 Å². The number of hydrogen-bond donors (Lipinski definition) is 1. The number of piperazine rings is 1. The number of benzene rings is 2. The normalized spacial score (nSPS) is 18.1. The Bertz CT molecular complexity index is 754. The van der Waals surface area contributed by atoms with E-state index >= 15 is 0 Å². The van der Waals surface area contributed by atoms with E-state index in [2.05, 4.69) is 5.32 Å². The summed E-state index contributed by atoms with van der Waals surface area (Å²) in [6.45, 7) is 5.48. The van der Waals surface area contributed by atoms with E-state index in [0.717, 1.165) is 22.9 Å². The van der Waals surface area contributed by atoms with Gasteiger partial charge in [-0.1, -0.05) is 43.3 Å². The van der Waals surface area contributed by atoms with Crippen LogP contribution in [0.3, 0.4) is 0 Å². The molecule has 2 aromatic rings. The first kappa shape index (κ1) is 16.3. The third-order valence-electron chi connectivity index (χ3n) is 4.50. The van der Waals surface area contributed by atoms with E-state index in [9.17, 15) is 9.59 Å². The Labute approximate surface area is 142 Å². The first-order valence-corrected chi connectivity index (χ1v) is 8.47. The molecule has 0 aromatic heterocycles. The lowest BCUT2D eigenvalue weighted by Gasteiger charge is -2.39. The van der Waals surface area contributed by atoms with Crippen molar-refractivity contribution in [1.29, 1.82) is 0 Å². The van der Waals surface area contributed by atoms with E-state index in [1.54, 1.807) is 16.7 Å². The number of carbonyl (C=O) groups is 2. The van der Waals surface area contributed by atoms with Crippen molar-refractivity contribution in [2.24, 2.45) is 0 Å². The van der Waals surface area contributed by atoms with Gasteiger partial charge in [0.1, 0.15) is 6.04 Å². The fourth-order valence-corrected chi connectivity index (χ4v) is 3.16.